The molecule has 5 heteroatoms. The van der Waals surface area contributed by atoms with Gasteiger partial charge in [-0.3, -0.25) is 0 Å². The maximum atomic E-state index is 5.83. The molecule has 0 fully saturated rings. The van der Waals surface area contributed by atoms with E-state index in [0.717, 1.165) is 0 Å². The normalized spacial score (nSPS) is 12.1. The van der Waals surface area contributed by atoms with Gasteiger partial charge >= 0.3 is 0 Å². The Morgan fingerprint density at radius 1 is 1.00 bits per heavy atom. The fraction of sp³-hybridized carbons (Fsp3) is 0. The number of benzene rings is 1. The fourth-order valence-electron chi connectivity index (χ4n) is 1.35. The summed E-state index contributed by atoms with van der Waals surface area (Å²) in [4.78, 5) is 0. The van der Waals surface area contributed by atoms with E-state index in [1.54, 1.807) is 6.07 Å². The van der Waals surface area contributed by atoms with Crippen molar-refractivity contribution in [3.05, 3.63) is 35.6 Å². The van der Waals surface area contributed by atoms with Crippen molar-refractivity contribution in [1.82, 2.24) is 10.2 Å². The van der Waals surface area contributed by atoms with E-state index in [-0.39, 0.29) is 5.15 Å². The Hall–Kier alpha value is -1.81. The molecule has 4 nitrogen and oxygen atoms in total. The molecule has 1 aromatic carbocycles. The Labute approximate surface area is 90.4 Å². The predicted molar refractivity (Wildman–Crippen MR) is 53.6 cm³/mol. The van der Waals surface area contributed by atoms with Crippen molar-refractivity contribution in [3.63, 3.8) is 0 Å². The number of rotatable bonds is 0. The van der Waals surface area contributed by atoms with Crippen LogP contribution in [0.5, 0.6) is 23.0 Å². The zero-order valence-corrected chi connectivity index (χ0v) is 8.23. The molecule has 74 valence electrons. The molecule has 0 aliphatic carbocycles. The zero-order chi connectivity index (χ0) is 10.3. The van der Waals surface area contributed by atoms with E-state index in [9.17, 15) is 0 Å². The van der Waals surface area contributed by atoms with Gasteiger partial charge in [-0.1, -0.05) is 23.7 Å². The Morgan fingerprint density at radius 3 is 2.53 bits per heavy atom. The van der Waals surface area contributed by atoms with Crippen LogP contribution in [0.4, 0.5) is 0 Å². The van der Waals surface area contributed by atoms with Crippen molar-refractivity contribution >= 4 is 11.6 Å². The van der Waals surface area contributed by atoms with E-state index in [2.05, 4.69) is 10.2 Å². The van der Waals surface area contributed by atoms with Crippen LogP contribution in [0.25, 0.3) is 0 Å². The van der Waals surface area contributed by atoms with Gasteiger partial charge in [-0.15, -0.1) is 5.10 Å². The number of nitrogens with zero attached hydrogens (tertiary/aromatic N) is 2. The van der Waals surface area contributed by atoms with E-state index in [0.29, 0.717) is 23.0 Å². The highest BCUT2D eigenvalue weighted by Crippen LogP contribution is 2.46. The number of hydrogen-bond acceptors (Lipinski definition) is 4. The van der Waals surface area contributed by atoms with Gasteiger partial charge < -0.3 is 9.47 Å². The molecular formula is C10H5ClN2O2. The lowest BCUT2D eigenvalue weighted by Gasteiger charge is -2.19. The van der Waals surface area contributed by atoms with Gasteiger partial charge in [0.05, 0.1) is 6.20 Å². The first-order valence-electron chi connectivity index (χ1n) is 4.30. The standard InChI is InChI=1S/C10H5ClN2O2/c11-10-9-8(5-12-13-10)14-6-3-1-2-4-7(6)15-9/h1-5H. The largest absolute Gasteiger partial charge is 0.448 e. The number of ether oxygens (including phenoxy) is 2. The molecule has 0 saturated heterocycles. The molecule has 3 rings (SSSR count). The van der Waals surface area contributed by atoms with Crippen molar-refractivity contribution in [1.29, 1.82) is 0 Å². The summed E-state index contributed by atoms with van der Waals surface area (Å²) in [5.41, 5.74) is 0. The minimum Gasteiger partial charge on any atom is -0.448 e. The molecule has 2 aromatic rings. The van der Waals surface area contributed by atoms with E-state index in [4.69, 9.17) is 21.1 Å². The summed E-state index contributed by atoms with van der Waals surface area (Å²) < 4.78 is 11.1. The summed E-state index contributed by atoms with van der Waals surface area (Å²) in [5, 5.41) is 7.56. The third-order valence-corrected chi connectivity index (χ3v) is 2.26. The van der Waals surface area contributed by atoms with Crippen molar-refractivity contribution in [2.75, 3.05) is 0 Å². The molecule has 1 aliphatic heterocycles. The molecule has 0 bridgehead atoms. The van der Waals surface area contributed by atoms with E-state index in [1.165, 1.54) is 6.20 Å². The maximum absolute atomic E-state index is 5.83. The highest BCUT2D eigenvalue weighted by atomic mass is 35.5. The highest BCUT2D eigenvalue weighted by Gasteiger charge is 2.21. The SMILES string of the molecule is Clc1nncc2c1Oc1ccccc1O2. The van der Waals surface area contributed by atoms with E-state index >= 15 is 0 Å². The molecule has 0 amide bonds. The second-order valence-corrected chi connectivity index (χ2v) is 3.34. The van der Waals surface area contributed by atoms with Crippen molar-refractivity contribution in [2.24, 2.45) is 0 Å². The summed E-state index contributed by atoms with van der Waals surface area (Å²) >= 11 is 5.83. The highest BCUT2D eigenvalue weighted by molar-refractivity contribution is 6.31. The Bertz CT molecular complexity index is 531. The predicted octanol–water partition coefficient (Wildman–Crippen LogP) is 3.03. The summed E-state index contributed by atoms with van der Waals surface area (Å²) in [6, 6.07) is 7.33. The molecular weight excluding hydrogens is 216 g/mol. The van der Waals surface area contributed by atoms with Crippen LogP contribution < -0.4 is 9.47 Å². The fourth-order valence-corrected chi connectivity index (χ4v) is 1.53. The molecule has 0 radical (unpaired) electrons. The molecule has 0 spiro atoms. The molecule has 1 aromatic heterocycles. The van der Waals surface area contributed by atoms with Crippen LogP contribution in [0.15, 0.2) is 30.5 Å². The average Bonchev–Trinajstić information content (AvgIpc) is 2.27. The van der Waals surface area contributed by atoms with Crippen LogP contribution >= 0.6 is 11.6 Å². The summed E-state index contributed by atoms with van der Waals surface area (Å²) in [7, 11) is 0. The van der Waals surface area contributed by atoms with Gasteiger partial charge in [0.2, 0.25) is 5.75 Å². The second kappa shape index (κ2) is 3.10. The molecule has 0 N–H and O–H groups in total. The van der Waals surface area contributed by atoms with Gasteiger partial charge in [0.25, 0.3) is 0 Å². The molecule has 0 atom stereocenters. The lowest BCUT2D eigenvalue weighted by Crippen LogP contribution is -2.00. The van der Waals surface area contributed by atoms with Crippen LogP contribution in [0.2, 0.25) is 5.15 Å². The smallest absolute Gasteiger partial charge is 0.210 e. The number of aromatic nitrogens is 2. The van der Waals surface area contributed by atoms with Crippen LogP contribution in [0.3, 0.4) is 0 Å². The minimum absolute atomic E-state index is 0.196. The third kappa shape index (κ3) is 1.30. The topological polar surface area (TPSA) is 44.2 Å². The molecule has 0 saturated carbocycles. The molecule has 0 unspecified atom stereocenters. The first-order valence-corrected chi connectivity index (χ1v) is 4.68. The average molecular weight is 221 g/mol. The first kappa shape index (κ1) is 8.49. The van der Waals surface area contributed by atoms with Crippen LogP contribution in [-0.2, 0) is 0 Å². The monoisotopic (exact) mass is 220 g/mol. The Morgan fingerprint density at radius 2 is 1.73 bits per heavy atom. The first-order chi connectivity index (χ1) is 7.34. The van der Waals surface area contributed by atoms with Crippen LogP contribution in [0.1, 0.15) is 0 Å². The van der Waals surface area contributed by atoms with E-state index in [1.807, 2.05) is 18.2 Å². The van der Waals surface area contributed by atoms with Crippen LogP contribution in [0, 0.1) is 0 Å². The van der Waals surface area contributed by atoms with Gasteiger partial charge in [0.1, 0.15) is 0 Å². The van der Waals surface area contributed by atoms with Gasteiger partial charge in [-0.2, -0.15) is 5.10 Å². The molecule has 1 aliphatic rings. The summed E-state index contributed by atoms with van der Waals surface area (Å²) in [6.45, 7) is 0. The lowest BCUT2D eigenvalue weighted by molar-refractivity contribution is 0.355. The van der Waals surface area contributed by atoms with E-state index < -0.39 is 0 Å². The van der Waals surface area contributed by atoms with Gasteiger partial charge in [-0.25, -0.2) is 0 Å². The lowest BCUT2D eigenvalue weighted by atomic mass is 10.3. The number of para-hydroxylation sites is 2. The van der Waals surface area contributed by atoms with Crippen molar-refractivity contribution < 1.29 is 9.47 Å². The summed E-state index contributed by atoms with van der Waals surface area (Å²) in [6.07, 6.45) is 1.47. The van der Waals surface area contributed by atoms with Crippen molar-refractivity contribution in [3.8, 4) is 23.0 Å². The van der Waals surface area contributed by atoms with Gasteiger partial charge in [0, 0.05) is 0 Å². The maximum Gasteiger partial charge on any atom is 0.210 e. The number of fused-ring (bicyclic) bond motifs is 2. The number of halogens is 1. The zero-order valence-electron chi connectivity index (χ0n) is 7.48. The third-order valence-electron chi connectivity index (χ3n) is 2.01. The summed E-state index contributed by atoms with van der Waals surface area (Å²) in [5.74, 6) is 2.16. The quantitative estimate of drug-likeness (QED) is 0.584. The van der Waals surface area contributed by atoms with Gasteiger partial charge in [-0.05, 0) is 12.1 Å². The van der Waals surface area contributed by atoms with Gasteiger partial charge in [0.15, 0.2) is 22.4 Å². The number of hydrogen-bond donors (Lipinski definition) is 0. The Balaban J connectivity index is 2.15. The minimum atomic E-state index is 0.196. The Kier molecular flexibility index (Phi) is 1.76. The second-order valence-electron chi connectivity index (χ2n) is 2.98. The molecule has 15 heavy (non-hydrogen) atoms. The van der Waals surface area contributed by atoms with Crippen molar-refractivity contribution in [2.45, 2.75) is 0 Å². The van der Waals surface area contributed by atoms with Crippen LogP contribution in [-0.4, -0.2) is 10.2 Å². The molecule has 2 heterocycles.